The van der Waals surface area contributed by atoms with E-state index in [1.807, 2.05) is 40.9 Å². The molecule has 3 rings (SSSR count). The van der Waals surface area contributed by atoms with Crippen molar-refractivity contribution in [3.8, 4) is 0 Å². The largest absolute Gasteiger partial charge is 0.370 e. The zero-order valence-electron chi connectivity index (χ0n) is 13.1. The first-order valence-electron chi connectivity index (χ1n) is 7.75. The van der Waals surface area contributed by atoms with Crippen LogP contribution in [0.5, 0.6) is 0 Å². The number of nitrogens with two attached hydrogens (primary N) is 1. The maximum atomic E-state index is 12.4. The normalized spacial score (nSPS) is 18.4. The molecule has 1 amide bonds. The third-order valence-corrected chi connectivity index (χ3v) is 5.11. The van der Waals surface area contributed by atoms with Gasteiger partial charge in [-0.2, -0.15) is 11.8 Å². The van der Waals surface area contributed by atoms with E-state index in [1.54, 1.807) is 0 Å². The Morgan fingerprint density at radius 2 is 1.96 bits per heavy atom. The van der Waals surface area contributed by atoms with E-state index in [0.29, 0.717) is 19.0 Å². The Hall–Kier alpha value is -0.960. The number of fused-ring (bicyclic) bond motifs is 1. The van der Waals surface area contributed by atoms with Gasteiger partial charge in [-0.1, -0.05) is 18.2 Å². The van der Waals surface area contributed by atoms with Crippen LogP contribution in [0.15, 0.2) is 29.3 Å². The second-order valence-corrected chi connectivity index (χ2v) is 6.76. The number of benzene rings is 1. The van der Waals surface area contributed by atoms with Gasteiger partial charge in [-0.25, -0.2) is 0 Å². The highest BCUT2D eigenvalue weighted by atomic mass is 127. The minimum absolute atomic E-state index is 0. The quantitative estimate of drug-likeness (QED) is 0.436. The van der Waals surface area contributed by atoms with Crippen LogP contribution in [0, 0.1) is 0 Å². The van der Waals surface area contributed by atoms with Gasteiger partial charge in [0.1, 0.15) is 0 Å². The van der Waals surface area contributed by atoms with Gasteiger partial charge in [0, 0.05) is 43.2 Å². The van der Waals surface area contributed by atoms with Gasteiger partial charge in [-0.3, -0.25) is 9.79 Å². The lowest BCUT2D eigenvalue weighted by molar-refractivity contribution is 0.0745. The second kappa shape index (κ2) is 8.77. The van der Waals surface area contributed by atoms with E-state index in [4.69, 9.17) is 5.73 Å². The summed E-state index contributed by atoms with van der Waals surface area (Å²) in [7, 11) is 0. The number of hydrogen-bond acceptors (Lipinski definition) is 3. The van der Waals surface area contributed by atoms with Crippen LogP contribution >= 0.6 is 35.7 Å². The lowest BCUT2D eigenvalue weighted by atomic mass is 9.99. The summed E-state index contributed by atoms with van der Waals surface area (Å²) in [5, 5.41) is 0. The average molecular weight is 446 g/mol. The van der Waals surface area contributed by atoms with Gasteiger partial charge in [0.2, 0.25) is 0 Å². The molecule has 0 saturated carbocycles. The molecule has 1 aromatic rings. The van der Waals surface area contributed by atoms with Crippen molar-refractivity contribution in [2.45, 2.75) is 6.42 Å². The van der Waals surface area contributed by atoms with Crippen LogP contribution in [-0.2, 0) is 6.42 Å². The average Bonchev–Trinajstić information content (AvgIpc) is 2.58. The highest BCUT2D eigenvalue weighted by Gasteiger charge is 2.23. The molecule has 0 aromatic heterocycles. The monoisotopic (exact) mass is 446 g/mol. The molecule has 23 heavy (non-hydrogen) atoms. The lowest BCUT2D eigenvalue weighted by Crippen LogP contribution is -2.43. The van der Waals surface area contributed by atoms with Crippen molar-refractivity contribution in [1.82, 2.24) is 9.80 Å². The number of carbonyl (C=O) groups excluding carboxylic acids is 1. The topological polar surface area (TPSA) is 61.9 Å². The summed E-state index contributed by atoms with van der Waals surface area (Å²) in [6, 6.07) is 7.86. The fourth-order valence-electron chi connectivity index (χ4n) is 2.87. The van der Waals surface area contributed by atoms with Gasteiger partial charge in [-0.15, -0.1) is 24.0 Å². The molecule has 1 saturated heterocycles. The van der Waals surface area contributed by atoms with E-state index in [9.17, 15) is 4.79 Å². The van der Waals surface area contributed by atoms with E-state index < -0.39 is 0 Å². The van der Waals surface area contributed by atoms with Gasteiger partial charge in [-0.05, 0) is 18.1 Å². The zero-order valence-corrected chi connectivity index (χ0v) is 16.3. The summed E-state index contributed by atoms with van der Waals surface area (Å²) in [5.41, 5.74) is 8.02. The van der Waals surface area contributed by atoms with Crippen LogP contribution in [0.25, 0.3) is 0 Å². The first kappa shape index (κ1) is 18.4. The molecular formula is C16H23IN4OS. The molecule has 0 unspecified atom stereocenters. The first-order valence-corrected chi connectivity index (χ1v) is 8.91. The van der Waals surface area contributed by atoms with Crippen molar-refractivity contribution in [1.29, 1.82) is 0 Å². The molecule has 2 aliphatic rings. The molecule has 5 nitrogen and oxygen atoms in total. The molecule has 2 aliphatic heterocycles. The van der Waals surface area contributed by atoms with E-state index >= 15 is 0 Å². The van der Waals surface area contributed by atoms with Crippen LogP contribution in [0.2, 0.25) is 0 Å². The number of guanidine groups is 1. The summed E-state index contributed by atoms with van der Waals surface area (Å²) in [5.74, 6) is 2.95. The van der Waals surface area contributed by atoms with E-state index in [1.165, 1.54) is 0 Å². The standard InChI is InChI=1S/C16H22N4OS.HI/c17-16(20-9-11-22-12-10-20)18-6-8-19-7-5-13-3-1-2-4-14(13)15(19)21;/h1-4H,5-12H2,(H2,17,18);1H. The molecule has 2 heterocycles. The fraction of sp³-hybridized carbons (Fsp3) is 0.500. The van der Waals surface area contributed by atoms with Gasteiger partial charge >= 0.3 is 0 Å². The summed E-state index contributed by atoms with van der Waals surface area (Å²) in [6.45, 7) is 3.91. The number of thioether (sulfide) groups is 1. The Morgan fingerprint density at radius 3 is 2.74 bits per heavy atom. The third-order valence-electron chi connectivity index (χ3n) is 4.16. The predicted octanol–water partition coefficient (Wildman–Crippen LogP) is 1.67. The van der Waals surface area contributed by atoms with Crippen molar-refractivity contribution in [2.24, 2.45) is 10.7 Å². The Morgan fingerprint density at radius 1 is 1.22 bits per heavy atom. The molecule has 7 heteroatoms. The van der Waals surface area contributed by atoms with Crippen molar-refractivity contribution in [3.63, 3.8) is 0 Å². The lowest BCUT2D eigenvalue weighted by Gasteiger charge is -2.29. The van der Waals surface area contributed by atoms with Crippen molar-refractivity contribution >= 4 is 47.6 Å². The molecule has 1 fully saturated rings. The predicted molar refractivity (Wildman–Crippen MR) is 107 cm³/mol. The summed E-state index contributed by atoms with van der Waals surface area (Å²) in [4.78, 5) is 20.9. The number of aliphatic imine (C=N–C) groups is 1. The number of hydrogen-bond donors (Lipinski definition) is 1. The fourth-order valence-corrected chi connectivity index (χ4v) is 3.77. The van der Waals surface area contributed by atoms with Gasteiger partial charge in [0.25, 0.3) is 5.91 Å². The Kier molecular flexibility index (Phi) is 7.01. The smallest absolute Gasteiger partial charge is 0.254 e. The van der Waals surface area contributed by atoms with Gasteiger partial charge in [0.05, 0.1) is 6.54 Å². The summed E-state index contributed by atoms with van der Waals surface area (Å²) >= 11 is 1.95. The number of amides is 1. The van der Waals surface area contributed by atoms with Crippen LogP contribution in [0.4, 0.5) is 0 Å². The molecule has 0 radical (unpaired) electrons. The minimum atomic E-state index is 0. The highest BCUT2D eigenvalue weighted by molar-refractivity contribution is 14.0. The van der Waals surface area contributed by atoms with Crippen molar-refractivity contribution < 1.29 is 4.79 Å². The highest BCUT2D eigenvalue weighted by Crippen LogP contribution is 2.18. The van der Waals surface area contributed by atoms with Crippen LogP contribution < -0.4 is 5.73 Å². The molecule has 2 N–H and O–H groups in total. The molecule has 126 valence electrons. The maximum absolute atomic E-state index is 12.4. The minimum Gasteiger partial charge on any atom is -0.370 e. The van der Waals surface area contributed by atoms with E-state index in [2.05, 4.69) is 9.89 Å². The van der Waals surface area contributed by atoms with Gasteiger partial charge in [0.15, 0.2) is 5.96 Å². The molecule has 0 atom stereocenters. The van der Waals surface area contributed by atoms with Crippen molar-refractivity contribution in [2.75, 3.05) is 44.2 Å². The second-order valence-electron chi connectivity index (χ2n) is 5.54. The van der Waals surface area contributed by atoms with E-state index in [-0.39, 0.29) is 29.9 Å². The molecule has 0 spiro atoms. The van der Waals surface area contributed by atoms with E-state index in [0.717, 1.165) is 48.7 Å². The Balaban J connectivity index is 0.00000192. The first-order chi connectivity index (χ1) is 10.8. The number of nitrogens with zero attached hydrogens (tertiary/aromatic N) is 3. The maximum Gasteiger partial charge on any atom is 0.254 e. The SMILES string of the molecule is I.NC(=NCCN1CCc2ccccc2C1=O)N1CCSCC1. The Labute approximate surface area is 158 Å². The third kappa shape index (κ3) is 4.53. The molecular weight excluding hydrogens is 423 g/mol. The molecule has 0 aliphatic carbocycles. The van der Waals surface area contributed by atoms with Crippen LogP contribution in [0.1, 0.15) is 15.9 Å². The molecule has 0 bridgehead atoms. The summed E-state index contributed by atoms with van der Waals surface area (Å²) < 4.78 is 0. The molecule has 1 aromatic carbocycles. The van der Waals surface area contributed by atoms with Crippen molar-refractivity contribution in [3.05, 3.63) is 35.4 Å². The number of rotatable bonds is 3. The number of halogens is 1. The number of carbonyl (C=O) groups is 1. The Bertz CT molecular complexity index is 575. The van der Waals surface area contributed by atoms with Gasteiger partial charge < -0.3 is 15.5 Å². The van der Waals surface area contributed by atoms with Crippen LogP contribution in [0.3, 0.4) is 0 Å². The van der Waals surface area contributed by atoms with Crippen LogP contribution in [-0.4, -0.2) is 65.9 Å². The zero-order chi connectivity index (χ0) is 15.4. The summed E-state index contributed by atoms with van der Waals surface area (Å²) in [6.07, 6.45) is 0.921.